The quantitative estimate of drug-likeness (QED) is 0.651. The van der Waals surface area contributed by atoms with E-state index in [1.54, 1.807) is 4.90 Å². The second kappa shape index (κ2) is 3.27. The summed E-state index contributed by atoms with van der Waals surface area (Å²) in [5.41, 5.74) is 0. The first-order valence-electron chi connectivity index (χ1n) is 4.83. The molecule has 1 unspecified atom stereocenters. The van der Waals surface area contributed by atoms with Crippen molar-refractivity contribution in [3.8, 4) is 0 Å². The van der Waals surface area contributed by atoms with Crippen LogP contribution in [0.1, 0.15) is 19.3 Å². The monoisotopic (exact) mass is 184 g/mol. The molecule has 4 nitrogen and oxygen atoms in total. The molecule has 1 heterocycles. The first-order chi connectivity index (χ1) is 6.16. The number of nitrogens with zero attached hydrogens (tertiary/aromatic N) is 2. The molecule has 4 heteroatoms. The molecule has 0 bridgehead atoms. The number of β-amino-alcohol motifs (C(OH)–C–C–N with tert-alkyl or cyclic N) is 1. The summed E-state index contributed by atoms with van der Waals surface area (Å²) < 4.78 is 0. The van der Waals surface area contributed by atoms with Gasteiger partial charge >= 0.3 is 0 Å². The molecule has 74 valence electrons. The Bertz CT molecular complexity index is 216. The molecule has 2 fully saturated rings. The molecule has 1 aliphatic carbocycles. The van der Waals surface area contributed by atoms with Crippen molar-refractivity contribution in [3.05, 3.63) is 0 Å². The molecule has 1 atom stereocenters. The first-order valence-corrected chi connectivity index (χ1v) is 4.83. The third-order valence-electron chi connectivity index (χ3n) is 2.76. The highest BCUT2D eigenvalue weighted by Crippen LogP contribution is 2.26. The Morgan fingerprint density at radius 1 is 1.62 bits per heavy atom. The maximum absolute atomic E-state index is 11.3. The van der Waals surface area contributed by atoms with Crippen LogP contribution in [0.4, 0.5) is 0 Å². The minimum Gasteiger partial charge on any atom is -0.391 e. The van der Waals surface area contributed by atoms with E-state index in [1.807, 2.05) is 7.05 Å². The van der Waals surface area contributed by atoms with Gasteiger partial charge in [-0.05, 0) is 19.9 Å². The van der Waals surface area contributed by atoms with Gasteiger partial charge in [0.2, 0.25) is 5.91 Å². The molecule has 0 spiro atoms. The maximum Gasteiger partial charge on any atom is 0.226 e. The Hall–Kier alpha value is -0.610. The molecule has 0 aromatic carbocycles. The van der Waals surface area contributed by atoms with Crippen molar-refractivity contribution >= 4 is 5.91 Å². The zero-order valence-electron chi connectivity index (χ0n) is 7.94. The lowest BCUT2D eigenvalue weighted by Gasteiger charge is -2.23. The Morgan fingerprint density at radius 3 is 2.77 bits per heavy atom. The fourth-order valence-electron chi connectivity index (χ4n) is 1.79. The average Bonchev–Trinajstić information content (AvgIpc) is 2.81. The minimum atomic E-state index is -0.444. The molecule has 1 aliphatic heterocycles. The Morgan fingerprint density at radius 2 is 2.31 bits per heavy atom. The Labute approximate surface area is 78.1 Å². The molecule has 2 aliphatic rings. The molecule has 1 saturated heterocycles. The zero-order valence-corrected chi connectivity index (χ0v) is 7.94. The van der Waals surface area contributed by atoms with Gasteiger partial charge in [-0.25, -0.2) is 0 Å². The molecule has 0 aromatic heterocycles. The summed E-state index contributed by atoms with van der Waals surface area (Å²) >= 11 is 0. The van der Waals surface area contributed by atoms with Gasteiger partial charge in [0, 0.05) is 12.6 Å². The van der Waals surface area contributed by atoms with Crippen LogP contribution < -0.4 is 0 Å². The molecule has 13 heavy (non-hydrogen) atoms. The van der Waals surface area contributed by atoms with Crippen molar-refractivity contribution in [1.82, 2.24) is 9.80 Å². The van der Waals surface area contributed by atoms with Crippen LogP contribution in [0.25, 0.3) is 0 Å². The van der Waals surface area contributed by atoms with Crippen LogP contribution in [-0.2, 0) is 4.79 Å². The molecule has 1 amide bonds. The van der Waals surface area contributed by atoms with Crippen LogP contribution in [0.15, 0.2) is 0 Å². The molecular weight excluding hydrogens is 168 g/mol. The number of aliphatic hydroxyl groups excluding tert-OH is 1. The summed E-state index contributed by atoms with van der Waals surface area (Å²) in [6, 6.07) is 0.672. The molecular formula is C9H16N2O2. The number of carbonyl (C=O) groups is 1. The van der Waals surface area contributed by atoms with E-state index in [4.69, 9.17) is 0 Å². The smallest absolute Gasteiger partial charge is 0.226 e. The van der Waals surface area contributed by atoms with E-state index in [1.165, 1.54) is 12.8 Å². The predicted octanol–water partition coefficient (Wildman–Crippen LogP) is -0.369. The number of likely N-dealkylation sites (tertiary alicyclic amines) is 1. The van der Waals surface area contributed by atoms with E-state index in [0.29, 0.717) is 25.7 Å². The summed E-state index contributed by atoms with van der Waals surface area (Å²) in [4.78, 5) is 15.2. The van der Waals surface area contributed by atoms with Gasteiger partial charge in [-0.3, -0.25) is 9.69 Å². The molecule has 2 rings (SSSR count). The van der Waals surface area contributed by atoms with Crippen LogP contribution in [0.3, 0.4) is 0 Å². The van der Waals surface area contributed by atoms with E-state index in [-0.39, 0.29) is 5.91 Å². The van der Waals surface area contributed by atoms with E-state index in [0.717, 1.165) is 0 Å². The van der Waals surface area contributed by atoms with Gasteiger partial charge in [-0.1, -0.05) is 0 Å². The number of carbonyl (C=O) groups excluding carboxylic acids is 1. The lowest BCUT2D eigenvalue weighted by Crippen LogP contribution is -2.38. The number of amides is 1. The van der Waals surface area contributed by atoms with Gasteiger partial charge in [0.1, 0.15) is 0 Å². The fraction of sp³-hybridized carbons (Fsp3) is 0.889. The SMILES string of the molecule is CN(CN1CC(O)CC1=O)C1CC1. The first kappa shape index (κ1) is 8.97. The van der Waals surface area contributed by atoms with E-state index < -0.39 is 6.10 Å². The van der Waals surface area contributed by atoms with Crippen LogP contribution >= 0.6 is 0 Å². The summed E-state index contributed by atoms with van der Waals surface area (Å²) in [6.45, 7) is 1.19. The van der Waals surface area contributed by atoms with Crippen molar-refractivity contribution < 1.29 is 9.90 Å². The number of rotatable bonds is 3. The van der Waals surface area contributed by atoms with Crippen LogP contribution in [-0.4, -0.2) is 53.2 Å². The predicted molar refractivity (Wildman–Crippen MR) is 48.0 cm³/mol. The summed E-state index contributed by atoms with van der Waals surface area (Å²) in [5.74, 6) is 0.0833. The third kappa shape index (κ3) is 2.00. The minimum absolute atomic E-state index is 0.0833. The van der Waals surface area contributed by atoms with Crippen molar-refractivity contribution in [2.75, 3.05) is 20.3 Å². The Kier molecular flexibility index (Phi) is 2.26. The van der Waals surface area contributed by atoms with Gasteiger partial charge in [-0.15, -0.1) is 0 Å². The van der Waals surface area contributed by atoms with E-state index >= 15 is 0 Å². The average molecular weight is 184 g/mol. The van der Waals surface area contributed by atoms with Crippen molar-refractivity contribution in [3.63, 3.8) is 0 Å². The third-order valence-corrected chi connectivity index (χ3v) is 2.76. The van der Waals surface area contributed by atoms with Gasteiger partial charge < -0.3 is 10.0 Å². The molecule has 0 radical (unpaired) electrons. The normalized spacial score (nSPS) is 29.0. The van der Waals surface area contributed by atoms with Crippen LogP contribution in [0.5, 0.6) is 0 Å². The largest absolute Gasteiger partial charge is 0.391 e. The van der Waals surface area contributed by atoms with Crippen LogP contribution in [0.2, 0.25) is 0 Å². The molecule has 1 saturated carbocycles. The summed E-state index contributed by atoms with van der Waals surface area (Å²) in [7, 11) is 2.04. The van der Waals surface area contributed by atoms with Gasteiger partial charge in [0.25, 0.3) is 0 Å². The zero-order chi connectivity index (χ0) is 9.42. The van der Waals surface area contributed by atoms with Gasteiger partial charge in [0.05, 0.1) is 19.2 Å². The second-order valence-electron chi connectivity index (χ2n) is 4.10. The number of aliphatic hydroxyl groups is 1. The number of hydrogen-bond acceptors (Lipinski definition) is 3. The molecule has 0 aromatic rings. The van der Waals surface area contributed by atoms with Crippen molar-refractivity contribution in [2.24, 2.45) is 0 Å². The van der Waals surface area contributed by atoms with E-state index in [2.05, 4.69) is 4.90 Å². The molecule has 1 N–H and O–H groups in total. The maximum atomic E-state index is 11.3. The highest BCUT2D eigenvalue weighted by atomic mass is 16.3. The van der Waals surface area contributed by atoms with Gasteiger partial charge in [-0.2, -0.15) is 0 Å². The highest BCUT2D eigenvalue weighted by molar-refractivity contribution is 5.78. The van der Waals surface area contributed by atoms with E-state index in [9.17, 15) is 9.90 Å². The van der Waals surface area contributed by atoms with Gasteiger partial charge in [0.15, 0.2) is 0 Å². The topological polar surface area (TPSA) is 43.8 Å². The van der Waals surface area contributed by atoms with Crippen molar-refractivity contribution in [1.29, 1.82) is 0 Å². The summed E-state index contributed by atoms with van der Waals surface area (Å²) in [5, 5.41) is 9.26. The summed E-state index contributed by atoms with van der Waals surface area (Å²) in [6.07, 6.45) is 2.36. The Balaban J connectivity index is 1.83. The lowest BCUT2D eigenvalue weighted by atomic mass is 10.3. The number of hydrogen-bond donors (Lipinski definition) is 1. The fourth-order valence-corrected chi connectivity index (χ4v) is 1.79. The van der Waals surface area contributed by atoms with Crippen LogP contribution in [0, 0.1) is 0 Å². The second-order valence-corrected chi connectivity index (χ2v) is 4.10. The lowest BCUT2D eigenvalue weighted by molar-refractivity contribution is -0.129. The highest BCUT2D eigenvalue weighted by Gasteiger charge is 2.32. The standard InChI is InChI=1S/C9H16N2O2/c1-10(7-2-3-7)6-11-5-8(12)4-9(11)13/h7-8,12H,2-6H2,1H3. The van der Waals surface area contributed by atoms with Crippen molar-refractivity contribution in [2.45, 2.75) is 31.4 Å².